The van der Waals surface area contributed by atoms with Gasteiger partial charge in [0.1, 0.15) is 0 Å². The van der Waals surface area contributed by atoms with Gasteiger partial charge in [0.2, 0.25) is 0 Å². The highest BCUT2D eigenvalue weighted by Gasteiger charge is 2.15. The highest BCUT2D eigenvalue weighted by molar-refractivity contribution is 5.94. The number of likely N-dealkylation sites (N-methyl/N-ethyl adjacent to an activating group) is 2. The smallest absolute Gasteiger partial charge is 0.279 e. The van der Waals surface area contributed by atoms with E-state index in [0.29, 0.717) is 6.54 Å². The Morgan fingerprint density at radius 2 is 1.73 bits per heavy atom. The predicted octanol–water partition coefficient (Wildman–Crippen LogP) is 0.381. The van der Waals surface area contributed by atoms with Gasteiger partial charge >= 0.3 is 0 Å². The summed E-state index contributed by atoms with van der Waals surface area (Å²) >= 11 is 0. The number of rotatable bonds is 5. The van der Waals surface area contributed by atoms with Gasteiger partial charge in [-0.1, -0.05) is 30.3 Å². The highest BCUT2D eigenvalue weighted by Crippen LogP contribution is 2.18. The molecule has 2 amide bonds. The van der Waals surface area contributed by atoms with Gasteiger partial charge in [0.25, 0.3) is 11.8 Å². The van der Waals surface area contributed by atoms with Crippen LogP contribution in [0.25, 0.3) is 10.8 Å². The third kappa shape index (κ3) is 4.30. The van der Waals surface area contributed by atoms with Crippen molar-refractivity contribution in [3.05, 3.63) is 42.5 Å². The van der Waals surface area contributed by atoms with Gasteiger partial charge in [-0.3, -0.25) is 9.59 Å². The molecule has 0 aliphatic rings. The van der Waals surface area contributed by atoms with E-state index < -0.39 is 0 Å². The first-order valence-electron chi connectivity index (χ1n) is 7.26. The molecule has 0 aliphatic heterocycles. The second-order valence-corrected chi connectivity index (χ2v) is 5.71. The first kappa shape index (κ1) is 16.0. The summed E-state index contributed by atoms with van der Waals surface area (Å²) in [5.74, 6) is -0.0876. The van der Waals surface area contributed by atoms with Gasteiger partial charge in [-0.15, -0.1) is 0 Å². The molecule has 0 fully saturated rings. The molecular formula is C17H22N3O2+. The Balaban J connectivity index is 1.94. The maximum atomic E-state index is 12.1. The summed E-state index contributed by atoms with van der Waals surface area (Å²) in [5, 5.41) is 5.11. The number of nitrogens with zero attached hydrogens (tertiary/aromatic N) is 1. The van der Waals surface area contributed by atoms with Crippen molar-refractivity contribution in [2.45, 2.75) is 0 Å². The summed E-state index contributed by atoms with van der Waals surface area (Å²) in [7, 11) is 5.26. The summed E-state index contributed by atoms with van der Waals surface area (Å²) in [6.07, 6.45) is 0. The number of quaternary nitrogens is 1. The largest absolute Gasteiger partial charge is 0.344 e. The highest BCUT2D eigenvalue weighted by atomic mass is 16.2. The molecule has 0 saturated carbocycles. The zero-order chi connectivity index (χ0) is 16.1. The van der Waals surface area contributed by atoms with E-state index in [-0.39, 0.29) is 18.4 Å². The molecule has 22 heavy (non-hydrogen) atoms. The molecule has 2 aromatic rings. The molecule has 2 aromatic carbocycles. The molecule has 0 saturated heterocycles. The Labute approximate surface area is 130 Å². The number of hydrogen-bond donors (Lipinski definition) is 2. The van der Waals surface area contributed by atoms with E-state index in [2.05, 4.69) is 5.32 Å². The summed E-state index contributed by atoms with van der Waals surface area (Å²) in [6, 6.07) is 13.8. The zero-order valence-electron chi connectivity index (χ0n) is 13.2. The SMILES string of the molecule is CN(C)C(=O)C[NH+](C)CC(=O)Nc1ccc2ccccc2c1. The summed E-state index contributed by atoms with van der Waals surface area (Å²) < 4.78 is 0. The van der Waals surface area contributed by atoms with Crippen LogP contribution in [0.5, 0.6) is 0 Å². The third-order valence-corrected chi connectivity index (χ3v) is 3.45. The summed E-state index contributed by atoms with van der Waals surface area (Å²) in [4.78, 5) is 26.1. The van der Waals surface area contributed by atoms with Crippen molar-refractivity contribution in [1.29, 1.82) is 0 Å². The second kappa shape index (κ2) is 7.04. The van der Waals surface area contributed by atoms with Gasteiger partial charge in [-0.05, 0) is 22.9 Å². The van der Waals surface area contributed by atoms with Gasteiger partial charge in [0.05, 0.1) is 7.05 Å². The lowest BCUT2D eigenvalue weighted by atomic mass is 10.1. The normalized spacial score (nSPS) is 12.0. The van der Waals surface area contributed by atoms with Gasteiger partial charge in [-0.2, -0.15) is 0 Å². The summed E-state index contributed by atoms with van der Waals surface area (Å²) in [6.45, 7) is 0.560. The molecule has 0 heterocycles. The molecule has 0 bridgehead atoms. The topological polar surface area (TPSA) is 53.9 Å². The van der Waals surface area contributed by atoms with E-state index in [1.165, 1.54) is 4.90 Å². The molecule has 1 atom stereocenters. The maximum Gasteiger partial charge on any atom is 0.279 e. The lowest BCUT2D eigenvalue weighted by Crippen LogP contribution is -3.11. The number of benzene rings is 2. The lowest BCUT2D eigenvalue weighted by Gasteiger charge is -2.16. The molecule has 5 nitrogen and oxygen atoms in total. The van der Waals surface area contributed by atoms with Crippen LogP contribution >= 0.6 is 0 Å². The van der Waals surface area contributed by atoms with Gasteiger partial charge in [0, 0.05) is 19.8 Å². The maximum absolute atomic E-state index is 12.1. The minimum atomic E-state index is -0.0978. The lowest BCUT2D eigenvalue weighted by molar-refractivity contribution is -0.862. The first-order chi connectivity index (χ1) is 10.5. The second-order valence-electron chi connectivity index (χ2n) is 5.71. The number of carbonyl (C=O) groups excluding carboxylic acids is 2. The van der Waals surface area contributed by atoms with Crippen LogP contribution in [0.15, 0.2) is 42.5 Å². The third-order valence-electron chi connectivity index (χ3n) is 3.45. The number of fused-ring (bicyclic) bond motifs is 1. The summed E-state index contributed by atoms with van der Waals surface area (Å²) in [5.41, 5.74) is 0.774. The average molecular weight is 300 g/mol. The van der Waals surface area contributed by atoms with Crippen LogP contribution in [-0.2, 0) is 9.59 Å². The molecule has 2 rings (SSSR count). The fraction of sp³-hybridized carbons (Fsp3) is 0.294. The Morgan fingerprint density at radius 3 is 2.41 bits per heavy atom. The van der Waals surface area contributed by atoms with Crippen LogP contribution in [0.3, 0.4) is 0 Å². The van der Waals surface area contributed by atoms with E-state index in [0.717, 1.165) is 21.4 Å². The van der Waals surface area contributed by atoms with Crippen molar-refractivity contribution >= 4 is 28.3 Å². The van der Waals surface area contributed by atoms with Crippen molar-refractivity contribution in [2.75, 3.05) is 39.5 Å². The molecule has 2 N–H and O–H groups in total. The van der Waals surface area contributed by atoms with Crippen molar-refractivity contribution in [3.8, 4) is 0 Å². The quantitative estimate of drug-likeness (QED) is 0.839. The molecule has 1 unspecified atom stereocenters. The van der Waals surface area contributed by atoms with E-state index >= 15 is 0 Å². The predicted molar refractivity (Wildman–Crippen MR) is 87.9 cm³/mol. The van der Waals surface area contributed by atoms with Crippen molar-refractivity contribution < 1.29 is 14.5 Å². The van der Waals surface area contributed by atoms with Crippen LogP contribution in [0.2, 0.25) is 0 Å². The van der Waals surface area contributed by atoms with Crippen LogP contribution in [0.1, 0.15) is 0 Å². The molecular weight excluding hydrogens is 278 g/mol. The van der Waals surface area contributed by atoms with Crippen LogP contribution in [0, 0.1) is 0 Å². The van der Waals surface area contributed by atoms with Gasteiger partial charge in [0.15, 0.2) is 13.1 Å². The Bertz CT molecular complexity index is 682. The fourth-order valence-corrected chi connectivity index (χ4v) is 2.23. The molecule has 0 aromatic heterocycles. The molecule has 0 aliphatic carbocycles. The van der Waals surface area contributed by atoms with Crippen molar-refractivity contribution in [1.82, 2.24) is 4.90 Å². The van der Waals surface area contributed by atoms with Crippen molar-refractivity contribution in [3.63, 3.8) is 0 Å². The van der Waals surface area contributed by atoms with E-state index in [1.807, 2.05) is 49.5 Å². The average Bonchev–Trinajstić information content (AvgIpc) is 2.46. The van der Waals surface area contributed by atoms with E-state index in [9.17, 15) is 9.59 Å². The number of anilines is 1. The minimum absolute atomic E-state index is 0.0102. The molecule has 0 radical (unpaired) electrons. The van der Waals surface area contributed by atoms with Crippen LogP contribution in [-0.4, -0.2) is 50.9 Å². The van der Waals surface area contributed by atoms with Crippen molar-refractivity contribution in [2.24, 2.45) is 0 Å². The monoisotopic (exact) mass is 300 g/mol. The van der Waals surface area contributed by atoms with Gasteiger partial charge in [-0.25, -0.2) is 0 Å². The Morgan fingerprint density at radius 1 is 1.05 bits per heavy atom. The Kier molecular flexibility index (Phi) is 5.12. The van der Waals surface area contributed by atoms with E-state index in [1.54, 1.807) is 14.1 Å². The van der Waals surface area contributed by atoms with Crippen LogP contribution < -0.4 is 10.2 Å². The minimum Gasteiger partial charge on any atom is -0.344 e. The van der Waals surface area contributed by atoms with E-state index in [4.69, 9.17) is 0 Å². The Hall–Kier alpha value is -2.40. The molecule has 0 spiro atoms. The standard InChI is InChI=1S/C17H21N3O2/c1-19(2)17(22)12-20(3)11-16(21)18-15-9-8-13-6-4-5-7-14(13)10-15/h4-10H,11-12H2,1-3H3,(H,18,21)/p+1. The number of amides is 2. The number of carbonyl (C=O) groups is 2. The zero-order valence-corrected chi connectivity index (χ0v) is 13.2. The first-order valence-corrected chi connectivity index (χ1v) is 7.26. The number of nitrogens with one attached hydrogen (secondary N) is 2. The number of hydrogen-bond acceptors (Lipinski definition) is 2. The molecule has 116 valence electrons. The fourth-order valence-electron chi connectivity index (χ4n) is 2.23. The van der Waals surface area contributed by atoms with Gasteiger partial charge < -0.3 is 15.1 Å². The molecule has 5 heteroatoms. The van der Waals surface area contributed by atoms with Crippen LogP contribution in [0.4, 0.5) is 5.69 Å².